The molecule has 0 unspecified atom stereocenters. The smallest absolute Gasteiger partial charge is 0.360 e. The monoisotopic (exact) mass is 267 g/mol. The number of esters is 1. The molecule has 2 aromatic carbocycles. The molecular formula is C15H13N3O2. The van der Waals surface area contributed by atoms with Gasteiger partial charge in [-0.25, -0.2) is 9.78 Å². The van der Waals surface area contributed by atoms with Crippen molar-refractivity contribution in [2.75, 3.05) is 12.8 Å². The zero-order valence-electron chi connectivity index (χ0n) is 10.9. The topological polar surface area (TPSA) is 70.1 Å². The van der Waals surface area contributed by atoms with Gasteiger partial charge in [0.15, 0.2) is 5.69 Å². The van der Waals surface area contributed by atoms with Crippen LogP contribution in [0.4, 0.5) is 5.82 Å². The lowest BCUT2D eigenvalue weighted by Crippen LogP contribution is -2.07. The number of carbonyl (C=O) groups excluding carboxylic acids is 1. The van der Waals surface area contributed by atoms with Crippen molar-refractivity contribution in [2.24, 2.45) is 0 Å². The van der Waals surface area contributed by atoms with Gasteiger partial charge >= 0.3 is 5.97 Å². The number of ether oxygens (including phenoxy) is 1. The SMILES string of the molecule is COC(=O)c1ncn(-c2ccc3ccccc3c2)c1N. The minimum atomic E-state index is -0.540. The standard InChI is InChI=1S/C15H13N3O2/c1-20-15(19)13-14(16)18(9-17-13)12-7-6-10-4-2-3-5-11(10)8-12/h2-9H,16H2,1H3. The minimum Gasteiger partial charge on any atom is -0.464 e. The summed E-state index contributed by atoms with van der Waals surface area (Å²) >= 11 is 0. The number of nitrogens with zero attached hydrogens (tertiary/aromatic N) is 2. The first-order valence-electron chi connectivity index (χ1n) is 6.11. The van der Waals surface area contributed by atoms with Crippen molar-refractivity contribution in [3.63, 3.8) is 0 Å². The molecule has 1 heterocycles. The zero-order valence-corrected chi connectivity index (χ0v) is 10.9. The van der Waals surface area contributed by atoms with Gasteiger partial charge in [-0.05, 0) is 22.9 Å². The summed E-state index contributed by atoms with van der Waals surface area (Å²) in [6.45, 7) is 0. The molecule has 5 heteroatoms. The summed E-state index contributed by atoms with van der Waals surface area (Å²) in [5.41, 5.74) is 6.93. The molecule has 0 fully saturated rings. The Bertz CT molecular complexity index is 793. The van der Waals surface area contributed by atoms with Gasteiger partial charge in [-0.2, -0.15) is 0 Å². The van der Waals surface area contributed by atoms with Gasteiger partial charge in [-0.1, -0.05) is 30.3 Å². The summed E-state index contributed by atoms with van der Waals surface area (Å²) in [7, 11) is 1.30. The van der Waals surface area contributed by atoms with E-state index < -0.39 is 5.97 Å². The Morgan fingerprint density at radius 3 is 2.70 bits per heavy atom. The Balaban J connectivity index is 2.11. The molecule has 1 aromatic heterocycles. The molecule has 3 rings (SSSR count). The number of carbonyl (C=O) groups is 1. The highest BCUT2D eigenvalue weighted by Crippen LogP contribution is 2.22. The number of benzene rings is 2. The average Bonchev–Trinajstić information content (AvgIpc) is 2.87. The maximum absolute atomic E-state index is 11.5. The van der Waals surface area contributed by atoms with Crippen molar-refractivity contribution in [1.82, 2.24) is 9.55 Å². The molecule has 0 atom stereocenters. The normalized spacial score (nSPS) is 10.7. The van der Waals surface area contributed by atoms with E-state index in [0.29, 0.717) is 0 Å². The molecule has 0 saturated carbocycles. The van der Waals surface area contributed by atoms with Gasteiger partial charge in [0.1, 0.15) is 12.1 Å². The second kappa shape index (κ2) is 4.70. The lowest BCUT2D eigenvalue weighted by atomic mass is 10.1. The number of methoxy groups -OCH3 is 1. The number of hydrogen-bond donors (Lipinski definition) is 1. The van der Waals surface area contributed by atoms with Crippen LogP contribution >= 0.6 is 0 Å². The highest BCUT2D eigenvalue weighted by atomic mass is 16.5. The Hall–Kier alpha value is -2.82. The van der Waals surface area contributed by atoms with Crippen LogP contribution in [0.1, 0.15) is 10.5 Å². The van der Waals surface area contributed by atoms with Crippen LogP contribution in [-0.4, -0.2) is 22.6 Å². The van der Waals surface area contributed by atoms with Gasteiger partial charge < -0.3 is 10.5 Å². The Labute approximate surface area is 115 Å². The van der Waals surface area contributed by atoms with Crippen LogP contribution in [0.3, 0.4) is 0 Å². The summed E-state index contributed by atoms with van der Waals surface area (Å²) < 4.78 is 6.31. The number of anilines is 1. The van der Waals surface area contributed by atoms with Gasteiger partial charge in [0.25, 0.3) is 0 Å². The van der Waals surface area contributed by atoms with E-state index in [9.17, 15) is 4.79 Å². The highest BCUT2D eigenvalue weighted by Gasteiger charge is 2.16. The van der Waals surface area contributed by atoms with Crippen LogP contribution in [0.25, 0.3) is 16.5 Å². The predicted octanol–water partition coefficient (Wildman–Crippen LogP) is 2.39. The third-order valence-electron chi connectivity index (χ3n) is 3.19. The van der Waals surface area contributed by atoms with E-state index in [4.69, 9.17) is 5.73 Å². The van der Waals surface area contributed by atoms with Gasteiger partial charge in [0, 0.05) is 5.69 Å². The summed E-state index contributed by atoms with van der Waals surface area (Å²) in [5, 5.41) is 2.24. The fourth-order valence-electron chi connectivity index (χ4n) is 2.14. The number of hydrogen-bond acceptors (Lipinski definition) is 4. The van der Waals surface area contributed by atoms with Crippen molar-refractivity contribution in [1.29, 1.82) is 0 Å². The fraction of sp³-hybridized carbons (Fsp3) is 0.0667. The minimum absolute atomic E-state index is 0.126. The molecule has 0 spiro atoms. The van der Waals surface area contributed by atoms with Crippen molar-refractivity contribution in [3.8, 4) is 5.69 Å². The molecule has 0 aliphatic rings. The van der Waals surface area contributed by atoms with Crippen LogP contribution in [-0.2, 0) is 4.74 Å². The molecule has 20 heavy (non-hydrogen) atoms. The maximum atomic E-state index is 11.5. The van der Waals surface area contributed by atoms with Crippen molar-refractivity contribution >= 4 is 22.6 Å². The first-order chi connectivity index (χ1) is 9.70. The van der Waals surface area contributed by atoms with E-state index >= 15 is 0 Å². The average molecular weight is 267 g/mol. The second-order valence-electron chi connectivity index (χ2n) is 4.37. The maximum Gasteiger partial charge on any atom is 0.360 e. The van der Waals surface area contributed by atoms with E-state index in [1.54, 1.807) is 4.57 Å². The number of fused-ring (bicyclic) bond motifs is 1. The van der Waals surface area contributed by atoms with E-state index in [0.717, 1.165) is 16.5 Å². The summed E-state index contributed by atoms with van der Waals surface area (Å²) in [6, 6.07) is 14.0. The first-order valence-corrected chi connectivity index (χ1v) is 6.11. The van der Waals surface area contributed by atoms with Crippen molar-refractivity contribution in [3.05, 3.63) is 54.5 Å². The molecule has 0 saturated heterocycles. The van der Waals surface area contributed by atoms with E-state index in [1.165, 1.54) is 13.4 Å². The second-order valence-corrected chi connectivity index (χ2v) is 4.37. The van der Waals surface area contributed by atoms with Gasteiger partial charge in [-0.3, -0.25) is 4.57 Å². The third-order valence-corrected chi connectivity index (χ3v) is 3.19. The molecule has 5 nitrogen and oxygen atoms in total. The molecule has 2 N–H and O–H groups in total. The van der Waals surface area contributed by atoms with Crippen LogP contribution in [0, 0.1) is 0 Å². The number of nitrogen functional groups attached to an aromatic ring is 1. The van der Waals surface area contributed by atoms with Crippen LogP contribution < -0.4 is 5.73 Å². The first kappa shape index (κ1) is 12.2. The molecule has 0 radical (unpaired) electrons. The highest BCUT2D eigenvalue weighted by molar-refractivity contribution is 5.92. The van der Waals surface area contributed by atoms with Gasteiger partial charge in [0.2, 0.25) is 0 Å². The quantitative estimate of drug-likeness (QED) is 0.724. The summed E-state index contributed by atoms with van der Waals surface area (Å²) in [4.78, 5) is 15.5. The van der Waals surface area contributed by atoms with Gasteiger partial charge in [-0.15, -0.1) is 0 Å². The molecular weight excluding hydrogens is 254 g/mol. The van der Waals surface area contributed by atoms with Crippen molar-refractivity contribution in [2.45, 2.75) is 0 Å². The van der Waals surface area contributed by atoms with E-state index in [-0.39, 0.29) is 11.5 Å². The molecule has 3 aromatic rings. The lowest BCUT2D eigenvalue weighted by molar-refractivity contribution is 0.0596. The summed E-state index contributed by atoms with van der Waals surface area (Å²) in [5.74, 6) is -0.269. The molecule has 0 amide bonds. The molecule has 0 aliphatic carbocycles. The number of nitrogens with two attached hydrogens (primary N) is 1. The molecule has 0 aliphatic heterocycles. The van der Waals surface area contributed by atoms with E-state index in [1.807, 2.05) is 42.5 Å². The lowest BCUT2D eigenvalue weighted by Gasteiger charge is -2.07. The zero-order chi connectivity index (χ0) is 14.1. The third kappa shape index (κ3) is 1.89. The summed E-state index contributed by atoms with van der Waals surface area (Å²) in [6.07, 6.45) is 1.52. The Morgan fingerprint density at radius 1 is 1.20 bits per heavy atom. The largest absolute Gasteiger partial charge is 0.464 e. The Morgan fingerprint density at radius 2 is 1.95 bits per heavy atom. The van der Waals surface area contributed by atoms with Crippen LogP contribution in [0.5, 0.6) is 0 Å². The number of imidazole rings is 1. The predicted molar refractivity (Wildman–Crippen MR) is 76.8 cm³/mol. The molecule has 0 bridgehead atoms. The van der Waals surface area contributed by atoms with Crippen LogP contribution in [0.15, 0.2) is 48.8 Å². The Kier molecular flexibility index (Phi) is 2.87. The number of aromatic nitrogens is 2. The fourth-order valence-corrected chi connectivity index (χ4v) is 2.14. The molecule has 100 valence electrons. The van der Waals surface area contributed by atoms with Crippen LogP contribution in [0.2, 0.25) is 0 Å². The van der Waals surface area contributed by atoms with Gasteiger partial charge in [0.05, 0.1) is 7.11 Å². The number of rotatable bonds is 2. The van der Waals surface area contributed by atoms with E-state index in [2.05, 4.69) is 9.72 Å². The van der Waals surface area contributed by atoms with Crippen molar-refractivity contribution < 1.29 is 9.53 Å².